The summed E-state index contributed by atoms with van der Waals surface area (Å²) < 4.78 is 1.12. The molecular formula is C12H14BrN. The first-order valence-electron chi connectivity index (χ1n) is 4.69. The Balaban J connectivity index is 2.92. The Bertz CT molecular complexity index is 360. The second kappa shape index (κ2) is 5.85. The maximum absolute atomic E-state index is 3.46. The molecule has 0 aliphatic heterocycles. The van der Waals surface area contributed by atoms with Crippen molar-refractivity contribution in [2.24, 2.45) is 0 Å². The Morgan fingerprint density at radius 1 is 1.43 bits per heavy atom. The van der Waals surface area contributed by atoms with E-state index in [4.69, 9.17) is 0 Å². The second-order valence-electron chi connectivity index (χ2n) is 2.99. The van der Waals surface area contributed by atoms with E-state index >= 15 is 0 Å². The average molecular weight is 252 g/mol. The molecule has 0 atom stereocenters. The second-order valence-corrected chi connectivity index (χ2v) is 3.90. The third-order valence-corrected chi connectivity index (χ3v) is 2.43. The van der Waals surface area contributed by atoms with Crippen LogP contribution in [0.4, 0.5) is 0 Å². The summed E-state index contributed by atoms with van der Waals surface area (Å²) in [7, 11) is 1.90. The number of hydrogen-bond acceptors (Lipinski definition) is 1. The van der Waals surface area contributed by atoms with Crippen LogP contribution >= 0.6 is 15.9 Å². The first-order chi connectivity index (χ1) is 6.77. The van der Waals surface area contributed by atoms with E-state index in [1.165, 1.54) is 5.56 Å². The van der Waals surface area contributed by atoms with Crippen LogP contribution in [0, 0.1) is 11.8 Å². The highest BCUT2D eigenvalue weighted by Gasteiger charge is 1.97. The van der Waals surface area contributed by atoms with E-state index in [0.717, 1.165) is 23.0 Å². The van der Waals surface area contributed by atoms with Gasteiger partial charge >= 0.3 is 0 Å². The van der Waals surface area contributed by atoms with Crippen LogP contribution in [0.25, 0.3) is 0 Å². The quantitative estimate of drug-likeness (QED) is 0.798. The van der Waals surface area contributed by atoms with Crippen molar-refractivity contribution >= 4 is 15.9 Å². The van der Waals surface area contributed by atoms with Gasteiger partial charge in [0.05, 0.1) is 6.54 Å². The molecular weight excluding hydrogens is 238 g/mol. The summed E-state index contributed by atoms with van der Waals surface area (Å²) in [6.07, 6.45) is 1.02. The molecule has 0 heterocycles. The minimum atomic E-state index is 0.735. The van der Waals surface area contributed by atoms with Crippen LogP contribution in [0.15, 0.2) is 22.7 Å². The van der Waals surface area contributed by atoms with Crippen LogP contribution in [0.1, 0.15) is 18.1 Å². The van der Waals surface area contributed by atoms with Crippen LogP contribution in [-0.4, -0.2) is 13.6 Å². The SMILES string of the molecule is CCc1cc(Br)ccc1C#CCNC. The number of benzene rings is 1. The molecule has 14 heavy (non-hydrogen) atoms. The molecule has 2 heteroatoms. The largest absolute Gasteiger partial charge is 0.309 e. The summed E-state index contributed by atoms with van der Waals surface area (Å²) in [4.78, 5) is 0. The lowest BCUT2D eigenvalue weighted by Crippen LogP contribution is -2.04. The first kappa shape index (κ1) is 11.3. The highest BCUT2D eigenvalue weighted by atomic mass is 79.9. The minimum Gasteiger partial charge on any atom is -0.309 e. The topological polar surface area (TPSA) is 12.0 Å². The number of rotatable bonds is 2. The van der Waals surface area contributed by atoms with Gasteiger partial charge in [-0.25, -0.2) is 0 Å². The van der Waals surface area contributed by atoms with E-state index in [1.54, 1.807) is 0 Å². The highest BCUT2D eigenvalue weighted by molar-refractivity contribution is 9.10. The molecule has 1 aromatic rings. The van der Waals surface area contributed by atoms with Crippen LogP contribution in [0.2, 0.25) is 0 Å². The van der Waals surface area contributed by atoms with Crippen LogP contribution < -0.4 is 5.32 Å². The Hall–Kier alpha value is -0.780. The molecule has 0 bridgehead atoms. The van der Waals surface area contributed by atoms with E-state index in [-0.39, 0.29) is 0 Å². The molecule has 0 spiro atoms. The third kappa shape index (κ3) is 3.17. The zero-order valence-electron chi connectivity index (χ0n) is 8.52. The minimum absolute atomic E-state index is 0.735. The van der Waals surface area contributed by atoms with Gasteiger partial charge in [0.1, 0.15) is 0 Å². The maximum Gasteiger partial charge on any atom is 0.0577 e. The molecule has 1 N–H and O–H groups in total. The maximum atomic E-state index is 3.46. The zero-order valence-corrected chi connectivity index (χ0v) is 10.1. The van der Waals surface area contributed by atoms with Gasteiger partial charge in [0.15, 0.2) is 0 Å². The molecule has 1 nitrogen and oxygen atoms in total. The molecule has 0 amide bonds. The molecule has 0 aromatic heterocycles. The molecule has 0 saturated heterocycles. The van der Waals surface area contributed by atoms with Crippen molar-refractivity contribution in [1.82, 2.24) is 5.32 Å². The molecule has 0 radical (unpaired) electrons. The lowest BCUT2D eigenvalue weighted by atomic mass is 10.1. The Morgan fingerprint density at radius 2 is 2.21 bits per heavy atom. The average Bonchev–Trinajstić information content (AvgIpc) is 2.20. The standard InChI is InChI=1S/C12H14BrN/c1-3-10-9-12(13)7-6-11(10)5-4-8-14-2/h6-7,9,14H,3,8H2,1-2H3. The Morgan fingerprint density at radius 3 is 2.86 bits per heavy atom. The third-order valence-electron chi connectivity index (χ3n) is 1.94. The van der Waals surface area contributed by atoms with Crippen molar-refractivity contribution in [3.05, 3.63) is 33.8 Å². The van der Waals surface area contributed by atoms with Gasteiger partial charge in [-0.1, -0.05) is 34.7 Å². The number of nitrogens with one attached hydrogen (secondary N) is 1. The van der Waals surface area contributed by atoms with E-state index < -0.39 is 0 Å². The van der Waals surface area contributed by atoms with Gasteiger partial charge in [0, 0.05) is 10.0 Å². The molecule has 0 aliphatic carbocycles. The summed E-state index contributed by atoms with van der Waals surface area (Å²) >= 11 is 3.46. The van der Waals surface area contributed by atoms with Crippen LogP contribution in [0.3, 0.4) is 0 Å². The van der Waals surface area contributed by atoms with Crippen molar-refractivity contribution in [1.29, 1.82) is 0 Å². The highest BCUT2D eigenvalue weighted by Crippen LogP contribution is 2.16. The fraction of sp³-hybridized carbons (Fsp3) is 0.333. The van der Waals surface area contributed by atoms with Gasteiger partial charge in [-0.3, -0.25) is 0 Å². The fourth-order valence-corrected chi connectivity index (χ4v) is 1.61. The van der Waals surface area contributed by atoms with Crippen molar-refractivity contribution in [2.75, 3.05) is 13.6 Å². The van der Waals surface area contributed by atoms with E-state index in [2.05, 4.69) is 52.1 Å². The molecule has 1 rings (SSSR count). The number of hydrogen-bond donors (Lipinski definition) is 1. The predicted molar refractivity (Wildman–Crippen MR) is 64.3 cm³/mol. The smallest absolute Gasteiger partial charge is 0.0577 e. The van der Waals surface area contributed by atoms with Crippen molar-refractivity contribution in [3.8, 4) is 11.8 Å². The van der Waals surface area contributed by atoms with Crippen LogP contribution in [-0.2, 0) is 6.42 Å². The summed E-state index contributed by atoms with van der Waals surface area (Å²) in [6.45, 7) is 2.88. The number of halogens is 1. The van der Waals surface area contributed by atoms with Gasteiger partial charge in [0.25, 0.3) is 0 Å². The summed E-state index contributed by atoms with van der Waals surface area (Å²) in [5, 5.41) is 3.00. The summed E-state index contributed by atoms with van der Waals surface area (Å²) in [5.74, 6) is 6.23. The molecule has 74 valence electrons. The molecule has 0 unspecified atom stereocenters. The van der Waals surface area contributed by atoms with Crippen molar-refractivity contribution < 1.29 is 0 Å². The van der Waals surface area contributed by atoms with E-state index in [9.17, 15) is 0 Å². The van der Waals surface area contributed by atoms with Crippen molar-refractivity contribution in [3.63, 3.8) is 0 Å². The normalized spacial score (nSPS) is 9.36. The Kier molecular flexibility index (Phi) is 4.72. The van der Waals surface area contributed by atoms with Gasteiger partial charge < -0.3 is 5.32 Å². The number of aryl methyl sites for hydroxylation is 1. The van der Waals surface area contributed by atoms with Gasteiger partial charge in [-0.05, 0) is 37.2 Å². The zero-order chi connectivity index (χ0) is 10.4. The fourth-order valence-electron chi connectivity index (χ4n) is 1.20. The lowest BCUT2D eigenvalue weighted by Gasteiger charge is -2.01. The van der Waals surface area contributed by atoms with Gasteiger partial charge in [0.2, 0.25) is 0 Å². The molecule has 1 aromatic carbocycles. The van der Waals surface area contributed by atoms with Gasteiger partial charge in [-0.15, -0.1) is 0 Å². The lowest BCUT2D eigenvalue weighted by molar-refractivity contribution is 0.938. The Labute approximate surface area is 94.0 Å². The molecule has 0 fully saturated rings. The summed E-state index contributed by atoms with van der Waals surface area (Å²) in [5.41, 5.74) is 2.42. The first-order valence-corrected chi connectivity index (χ1v) is 5.49. The van der Waals surface area contributed by atoms with E-state index in [1.807, 2.05) is 13.1 Å². The summed E-state index contributed by atoms with van der Waals surface area (Å²) in [6, 6.07) is 6.22. The van der Waals surface area contributed by atoms with Crippen molar-refractivity contribution in [2.45, 2.75) is 13.3 Å². The molecule has 0 saturated carbocycles. The monoisotopic (exact) mass is 251 g/mol. The van der Waals surface area contributed by atoms with Gasteiger partial charge in [-0.2, -0.15) is 0 Å². The predicted octanol–water partition coefficient (Wildman–Crippen LogP) is 2.58. The molecule has 0 aliphatic rings. The van der Waals surface area contributed by atoms with Crippen LogP contribution in [0.5, 0.6) is 0 Å². The van der Waals surface area contributed by atoms with E-state index in [0.29, 0.717) is 0 Å².